The Labute approximate surface area is 140 Å². The first kappa shape index (κ1) is 17.4. The van der Waals surface area contributed by atoms with Crippen molar-refractivity contribution in [3.8, 4) is 5.75 Å². The number of carbonyl (C=O) groups excluding carboxylic acids is 3. The Bertz CT molecular complexity index is 753. The number of rotatable bonds is 6. The van der Waals surface area contributed by atoms with Crippen molar-refractivity contribution < 1.29 is 19.1 Å². The van der Waals surface area contributed by atoms with Crippen molar-refractivity contribution in [2.24, 2.45) is 0 Å². The number of esters is 1. The molecule has 0 aromatic heterocycles. The Morgan fingerprint density at radius 1 is 0.958 bits per heavy atom. The third-order valence-electron chi connectivity index (χ3n) is 3.38. The molecule has 0 radical (unpaired) electrons. The van der Waals surface area contributed by atoms with Gasteiger partial charge in [0.15, 0.2) is 5.78 Å². The highest BCUT2D eigenvalue weighted by atomic mass is 16.5. The lowest BCUT2D eigenvalue weighted by Gasteiger charge is -2.12. The molecule has 5 heteroatoms. The quantitative estimate of drug-likeness (QED) is 0.500. The zero-order chi connectivity index (χ0) is 17.5. The van der Waals surface area contributed by atoms with Crippen LogP contribution in [0.3, 0.4) is 0 Å². The molecular weight excluding hydrogens is 306 g/mol. The van der Waals surface area contributed by atoms with Crippen LogP contribution in [0.5, 0.6) is 5.75 Å². The summed E-state index contributed by atoms with van der Waals surface area (Å²) in [5.41, 5.74) is 1.25. The summed E-state index contributed by atoms with van der Waals surface area (Å²) in [6.07, 6.45) is 0.513. The summed E-state index contributed by atoms with van der Waals surface area (Å²) in [5, 5.41) is 2.69. The summed E-state index contributed by atoms with van der Waals surface area (Å²) < 4.78 is 5.28. The second kappa shape index (κ2) is 8.06. The van der Waals surface area contributed by atoms with Crippen LogP contribution in [0, 0.1) is 0 Å². The smallest absolute Gasteiger partial charge is 0.310 e. The molecule has 0 fully saturated rings. The van der Waals surface area contributed by atoms with Gasteiger partial charge in [-0.1, -0.05) is 44.2 Å². The van der Waals surface area contributed by atoms with Crippen LogP contribution in [0.1, 0.15) is 42.6 Å². The minimum atomic E-state index is -0.448. The lowest BCUT2D eigenvalue weighted by Crippen LogP contribution is -2.13. The topological polar surface area (TPSA) is 72.5 Å². The monoisotopic (exact) mass is 325 g/mol. The van der Waals surface area contributed by atoms with E-state index in [1.165, 1.54) is 6.07 Å². The Morgan fingerprint density at radius 3 is 2.29 bits per heavy atom. The van der Waals surface area contributed by atoms with Crippen molar-refractivity contribution in [2.75, 3.05) is 5.32 Å². The van der Waals surface area contributed by atoms with Crippen molar-refractivity contribution in [2.45, 2.75) is 26.7 Å². The van der Waals surface area contributed by atoms with E-state index in [0.29, 0.717) is 17.7 Å². The standard InChI is InChI=1S/C19H19NO4/c1-3-17(21)20-14-10-11-15(16(12-14)24-18(22)4-2)19(23)13-8-6-5-7-9-13/h5-12H,3-4H2,1-2H3,(H,20,21). The van der Waals surface area contributed by atoms with Gasteiger partial charge in [-0.15, -0.1) is 0 Å². The maximum absolute atomic E-state index is 12.6. The molecule has 0 aliphatic carbocycles. The van der Waals surface area contributed by atoms with E-state index in [9.17, 15) is 14.4 Å². The predicted octanol–water partition coefficient (Wildman–Crippen LogP) is 3.58. The summed E-state index contributed by atoms with van der Waals surface area (Å²) in [6, 6.07) is 13.4. The number of benzene rings is 2. The minimum Gasteiger partial charge on any atom is -0.426 e. The normalized spacial score (nSPS) is 10.1. The van der Waals surface area contributed by atoms with Gasteiger partial charge in [0.2, 0.25) is 5.91 Å². The number of anilines is 1. The summed E-state index contributed by atoms with van der Waals surface area (Å²) in [6.45, 7) is 3.41. The van der Waals surface area contributed by atoms with E-state index < -0.39 is 5.97 Å². The first-order valence-electron chi connectivity index (χ1n) is 7.79. The highest BCUT2D eigenvalue weighted by Gasteiger charge is 2.17. The van der Waals surface area contributed by atoms with Crippen molar-refractivity contribution in [3.05, 3.63) is 59.7 Å². The summed E-state index contributed by atoms with van der Waals surface area (Å²) in [7, 11) is 0. The molecule has 0 aliphatic rings. The van der Waals surface area contributed by atoms with Crippen molar-refractivity contribution in [1.29, 1.82) is 0 Å². The zero-order valence-corrected chi connectivity index (χ0v) is 13.7. The molecule has 24 heavy (non-hydrogen) atoms. The molecule has 0 spiro atoms. The molecule has 0 atom stereocenters. The number of carbonyl (C=O) groups is 3. The van der Waals surface area contributed by atoms with E-state index in [4.69, 9.17) is 4.74 Å². The highest BCUT2D eigenvalue weighted by molar-refractivity contribution is 6.11. The molecule has 0 aliphatic heterocycles. The van der Waals surface area contributed by atoms with Crippen LogP contribution in [0.2, 0.25) is 0 Å². The lowest BCUT2D eigenvalue weighted by molar-refractivity contribution is -0.134. The number of ether oxygens (including phenoxy) is 1. The van der Waals surface area contributed by atoms with Crippen molar-refractivity contribution >= 4 is 23.3 Å². The van der Waals surface area contributed by atoms with Crippen LogP contribution in [-0.4, -0.2) is 17.7 Å². The molecule has 1 N–H and O–H groups in total. The molecule has 0 saturated heterocycles. The first-order valence-corrected chi connectivity index (χ1v) is 7.79. The Morgan fingerprint density at radius 2 is 1.67 bits per heavy atom. The molecule has 0 heterocycles. The van der Waals surface area contributed by atoms with E-state index in [-0.39, 0.29) is 29.4 Å². The van der Waals surface area contributed by atoms with Crippen LogP contribution in [0.15, 0.2) is 48.5 Å². The highest BCUT2D eigenvalue weighted by Crippen LogP contribution is 2.26. The number of amides is 1. The van der Waals surface area contributed by atoms with E-state index in [1.807, 2.05) is 6.07 Å². The number of ketones is 1. The molecular formula is C19H19NO4. The summed E-state index contributed by atoms with van der Waals surface area (Å²) in [5.74, 6) is -0.714. The van der Waals surface area contributed by atoms with Crippen molar-refractivity contribution in [1.82, 2.24) is 0 Å². The van der Waals surface area contributed by atoms with E-state index in [0.717, 1.165) is 0 Å². The average molecular weight is 325 g/mol. The van der Waals surface area contributed by atoms with Gasteiger partial charge in [0, 0.05) is 30.2 Å². The van der Waals surface area contributed by atoms with Crippen LogP contribution in [0.25, 0.3) is 0 Å². The Kier molecular flexibility index (Phi) is 5.84. The molecule has 5 nitrogen and oxygen atoms in total. The van der Waals surface area contributed by atoms with Gasteiger partial charge in [-0.05, 0) is 12.1 Å². The average Bonchev–Trinajstić information content (AvgIpc) is 2.62. The Hall–Kier alpha value is -2.95. The van der Waals surface area contributed by atoms with Gasteiger partial charge in [-0.2, -0.15) is 0 Å². The number of hydrogen-bond donors (Lipinski definition) is 1. The van der Waals surface area contributed by atoms with E-state index in [1.54, 1.807) is 50.2 Å². The third-order valence-corrected chi connectivity index (χ3v) is 3.38. The zero-order valence-electron chi connectivity index (χ0n) is 13.7. The van der Waals surface area contributed by atoms with Crippen molar-refractivity contribution in [3.63, 3.8) is 0 Å². The van der Waals surface area contributed by atoms with Gasteiger partial charge in [0.1, 0.15) is 5.75 Å². The lowest BCUT2D eigenvalue weighted by atomic mass is 10.0. The molecule has 2 rings (SSSR count). The largest absolute Gasteiger partial charge is 0.426 e. The van der Waals surface area contributed by atoms with E-state index in [2.05, 4.69) is 5.32 Å². The Balaban J connectivity index is 2.40. The maximum atomic E-state index is 12.6. The second-order valence-electron chi connectivity index (χ2n) is 5.14. The van der Waals surface area contributed by atoms with Crippen LogP contribution < -0.4 is 10.1 Å². The van der Waals surface area contributed by atoms with Crippen LogP contribution in [0.4, 0.5) is 5.69 Å². The molecule has 1 amide bonds. The first-order chi connectivity index (χ1) is 11.5. The molecule has 0 bridgehead atoms. The third kappa shape index (κ3) is 4.29. The number of hydrogen-bond acceptors (Lipinski definition) is 4. The minimum absolute atomic E-state index is 0.143. The molecule has 2 aromatic carbocycles. The van der Waals surface area contributed by atoms with Gasteiger partial charge in [-0.25, -0.2) is 0 Å². The van der Waals surface area contributed by atoms with Gasteiger partial charge in [0.25, 0.3) is 0 Å². The van der Waals surface area contributed by atoms with Crippen LogP contribution in [-0.2, 0) is 9.59 Å². The second-order valence-corrected chi connectivity index (χ2v) is 5.14. The summed E-state index contributed by atoms with van der Waals surface area (Å²) >= 11 is 0. The molecule has 124 valence electrons. The fraction of sp³-hybridized carbons (Fsp3) is 0.211. The number of nitrogens with one attached hydrogen (secondary N) is 1. The fourth-order valence-corrected chi connectivity index (χ4v) is 2.06. The maximum Gasteiger partial charge on any atom is 0.310 e. The molecule has 0 unspecified atom stereocenters. The van der Waals surface area contributed by atoms with Crippen LogP contribution >= 0.6 is 0 Å². The SMILES string of the molecule is CCC(=O)Nc1ccc(C(=O)c2ccccc2)c(OC(=O)CC)c1. The van der Waals surface area contributed by atoms with E-state index >= 15 is 0 Å². The fourth-order valence-electron chi connectivity index (χ4n) is 2.06. The molecule has 2 aromatic rings. The van der Waals surface area contributed by atoms with Gasteiger partial charge < -0.3 is 10.1 Å². The van der Waals surface area contributed by atoms with Gasteiger partial charge >= 0.3 is 5.97 Å². The summed E-state index contributed by atoms with van der Waals surface area (Å²) in [4.78, 5) is 35.8. The molecule has 0 saturated carbocycles. The predicted molar refractivity (Wildman–Crippen MR) is 91.2 cm³/mol. The van der Waals surface area contributed by atoms with Gasteiger partial charge in [0.05, 0.1) is 5.56 Å². The van der Waals surface area contributed by atoms with Gasteiger partial charge in [-0.3, -0.25) is 14.4 Å².